The van der Waals surface area contributed by atoms with Crippen LogP contribution >= 0.6 is 0 Å². The molecule has 38 heavy (non-hydrogen) atoms. The largest absolute Gasteiger partial charge is 0.468 e. The Morgan fingerprint density at radius 2 is 1.89 bits per heavy atom. The van der Waals surface area contributed by atoms with Crippen molar-refractivity contribution in [2.24, 2.45) is 4.99 Å². The molecule has 0 radical (unpaired) electrons. The van der Waals surface area contributed by atoms with Gasteiger partial charge in [0.25, 0.3) is 0 Å². The van der Waals surface area contributed by atoms with E-state index in [0.29, 0.717) is 12.5 Å². The Hall–Kier alpha value is -4.21. The van der Waals surface area contributed by atoms with Crippen molar-refractivity contribution in [3.63, 3.8) is 0 Å². The first-order valence-corrected chi connectivity index (χ1v) is 13.2. The molecular formula is C28H34N8O2. The van der Waals surface area contributed by atoms with E-state index in [2.05, 4.69) is 80.8 Å². The third kappa shape index (κ3) is 5.25. The van der Waals surface area contributed by atoms with Crippen molar-refractivity contribution in [3.8, 4) is 22.5 Å². The molecule has 0 saturated heterocycles. The molecule has 1 aromatic heterocycles. The quantitative estimate of drug-likeness (QED) is 0.407. The van der Waals surface area contributed by atoms with Gasteiger partial charge in [0.05, 0.1) is 19.5 Å². The molecule has 2 aromatic carbocycles. The number of unbranched alkanes of at least 4 members (excludes halogenated alkanes) is 1. The number of hydrogen-bond acceptors (Lipinski definition) is 9. The summed E-state index contributed by atoms with van der Waals surface area (Å²) in [6, 6.07) is 16.7. The first-order valence-electron chi connectivity index (χ1n) is 13.2. The molecule has 2 aliphatic rings. The summed E-state index contributed by atoms with van der Waals surface area (Å²) < 4.78 is 4.96. The van der Waals surface area contributed by atoms with E-state index in [1.165, 1.54) is 12.7 Å². The summed E-state index contributed by atoms with van der Waals surface area (Å²) in [5.74, 6) is 1.20. The third-order valence-electron chi connectivity index (χ3n) is 7.03. The highest BCUT2D eigenvalue weighted by Gasteiger charge is 2.37. The highest BCUT2D eigenvalue weighted by molar-refractivity contribution is 6.01. The standard InChI is InChI=1S/C28H34N8O2/c1-4-6-11-25-29-28-24(17-34(5-2)19-35(28)18-26(37)38-3)36(25)16-20-12-14-21(15-13-20)22-9-7-8-10-23(22)27-30-32-33-31-27/h7-10,12-15,17,25H,4-6,11,16,18-19H2,1-3H3,(H,30,31,32,33). The SMILES string of the molecule is CCCCC1N=C2C(=CN(CC)CN2CC(=O)OC)N1Cc1ccc(-c2ccccc2-c2nn[nH]n2)cc1. The van der Waals surface area contributed by atoms with Crippen LogP contribution in [-0.4, -0.2) is 80.2 Å². The van der Waals surface area contributed by atoms with Gasteiger partial charge in [-0.2, -0.15) is 5.21 Å². The summed E-state index contributed by atoms with van der Waals surface area (Å²) in [6.45, 7) is 6.70. The minimum absolute atomic E-state index is 0.0341. The number of ether oxygens (including phenoxy) is 1. The summed E-state index contributed by atoms with van der Waals surface area (Å²) in [5.41, 5.74) is 5.34. The highest BCUT2D eigenvalue weighted by Crippen LogP contribution is 2.33. The van der Waals surface area contributed by atoms with E-state index in [1.807, 2.05) is 23.1 Å². The molecule has 0 saturated carbocycles. The molecule has 2 aliphatic heterocycles. The number of tetrazole rings is 1. The molecule has 3 heterocycles. The Balaban J connectivity index is 1.41. The Morgan fingerprint density at radius 3 is 2.58 bits per heavy atom. The molecule has 10 nitrogen and oxygen atoms in total. The molecular weight excluding hydrogens is 480 g/mol. The molecule has 10 heteroatoms. The second-order valence-corrected chi connectivity index (χ2v) is 9.52. The predicted octanol–water partition coefficient (Wildman–Crippen LogP) is 3.87. The Morgan fingerprint density at radius 1 is 1.11 bits per heavy atom. The van der Waals surface area contributed by atoms with E-state index in [4.69, 9.17) is 9.73 Å². The molecule has 1 atom stereocenters. The zero-order valence-corrected chi connectivity index (χ0v) is 22.2. The van der Waals surface area contributed by atoms with Gasteiger partial charge in [0.15, 0.2) is 5.84 Å². The van der Waals surface area contributed by atoms with E-state index in [1.54, 1.807) is 0 Å². The smallest absolute Gasteiger partial charge is 0.325 e. The van der Waals surface area contributed by atoms with Crippen molar-refractivity contribution < 1.29 is 9.53 Å². The minimum atomic E-state index is -0.259. The molecule has 0 bridgehead atoms. The number of esters is 1. The fraction of sp³-hybridized carbons (Fsp3) is 0.393. The number of aromatic amines is 1. The minimum Gasteiger partial charge on any atom is -0.468 e. The molecule has 0 aliphatic carbocycles. The monoisotopic (exact) mass is 514 g/mol. The summed E-state index contributed by atoms with van der Waals surface area (Å²) in [4.78, 5) is 23.9. The van der Waals surface area contributed by atoms with Gasteiger partial charge in [-0.05, 0) is 41.7 Å². The topological polar surface area (TPSA) is 103 Å². The van der Waals surface area contributed by atoms with E-state index >= 15 is 0 Å². The predicted molar refractivity (Wildman–Crippen MR) is 145 cm³/mol. The van der Waals surface area contributed by atoms with Crippen molar-refractivity contribution in [3.05, 3.63) is 66.0 Å². The first-order chi connectivity index (χ1) is 18.6. The van der Waals surface area contributed by atoms with E-state index in [-0.39, 0.29) is 18.7 Å². The molecule has 0 fully saturated rings. The molecule has 0 spiro atoms. The second kappa shape index (κ2) is 11.5. The van der Waals surface area contributed by atoms with Crippen LogP contribution in [0.1, 0.15) is 38.7 Å². The van der Waals surface area contributed by atoms with Crippen LogP contribution in [0.25, 0.3) is 22.5 Å². The summed E-state index contributed by atoms with van der Waals surface area (Å²) in [5, 5.41) is 14.6. The molecule has 0 amide bonds. The highest BCUT2D eigenvalue weighted by atomic mass is 16.5. The van der Waals surface area contributed by atoms with Gasteiger partial charge in [0.2, 0.25) is 5.82 Å². The number of aliphatic imine (C=N–C) groups is 1. The third-order valence-corrected chi connectivity index (χ3v) is 7.03. The maximum atomic E-state index is 12.2. The van der Waals surface area contributed by atoms with Crippen LogP contribution in [0.5, 0.6) is 0 Å². The Labute approximate surface area is 223 Å². The first kappa shape index (κ1) is 25.4. The average molecular weight is 515 g/mol. The van der Waals surface area contributed by atoms with Crippen molar-refractivity contribution in [1.29, 1.82) is 0 Å². The molecule has 198 valence electrons. The number of carbonyl (C=O) groups excluding carboxylic acids is 1. The number of nitrogens with one attached hydrogen (secondary N) is 1. The molecule has 5 rings (SSSR count). The Kier molecular flexibility index (Phi) is 7.67. The fourth-order valence-corrected chi connectivity index (χ4v) is 4.97. The van der Waals surface area contributed by atoms with Gasteiger partial charge in [0.1, 0.15) is 12.7 Å². The van der Waals surface area contributed by atoms with Crippen LogP contribution in [-0.2, 0) is 16.1 Å². The number of H-pyrrole nitrogens is 1. The lowest BCUT2D eigenvalue weighted by atomic mass is 9.98. The lowest BCUT2D eigenvalue weighted by Gasteiger charge is -2.37. The van der Waals surface area contributed by atoms with Crippen molar-refractivity contribution in [2.45, 2.75) is 45.8 Å². The maximum absolute atomic E-state index is 12.2. The van der Waals surface area contributed by atoms with E-state index < -0.39 is 0 Å². The van der Waals surface area contributed by atoms with Crippen molar-refractivity contribution in [2.75, 3.05) is 26.9 Å². The number of nitrogens with zero attached hydrogens (tertiary/aromatic N) is 7. The molecule has 1 unspecified atom stereocenters. The van der Waals surface area contributed by atoms with Crippen molar-refractivity contribution in [1.82, 2.24) is 35.3 Å². The Bertz CT molecular complexity index is 1300. The number of fused-ring (bicyclic) bond motifs is 1. The van der Waals surface area contributed by atoms with Crippen LogP contribution in [0.3, 0.4) is 0 Å². The lowest BCUT2D eigenvalue weighted by molar-refractivity contribution is -0.141. The number of amidine groups is 1. The number of aromatic nitrogens is 4. The van der Waals surface area contributed by atoms with E-state index in [9.17, 15) is 4.79 Å². The van der Waals surface area contributed by atoms with Gasteiger partial charge in [-0.1, -0.05) is 61.9 Å². The van der Waals surface area contributed by atoms with Gasteiger partial charge in [-0.15, -0.1) is 10.2 Å². The van der Waals surface area contributed by atoms with Gasteiger partial charge in [-0.25, -0.2) is 4.99 Å². The van der Waals surface area contributed by atoms with Crippen LogP contribution in [0.15, 0.2) is 65.4 Å². The van der Waals surface area contributed by atoms with Crippen LogP contribution in [0.2, 0.25) is 0 Å². The van der Waals surface area contributed by atoms with E-state index in [0.717, 1.165) is 60.6 Å². The zero-order chi connectivity index (χ0) is 26.5. The number of hydrogen-bond donors (Lipinski definition) is 1. The van der Waals surface area contributed by atoms with Gasteiger partial charge in [-0.3, -0.25) is 4.79 Å². The van der Waals surface area contributed by atoms with Crippen molar-refractivity contribution >= 4 is 11.8 Å². The van der Waals surface area contributed by atoms with Gasteiger partial charge >= 0.3 is 5.97 Å². The van der Waals surface area contributed by atoms with Gasteiger partial charge in [0, 0.05) is 24.9 Å². The second-order valence-electron chi connectivity index (χ2n) is 9.52. The normalized spacial score (nSPS) is 16.8. The fourth-order valence-electron chi connectivity index (χ4n) is 4.97. The number of carbonyl (C=O) groups is 1. The maximum Gasteiger partial charge on any atom is 0.325 e. The van der Waals surface area contributed by atoms with Crippen LogP contribution in [0, 0.1) is 0 Å². The zero-order valence-electron chi connectivity index (χ0n) is 22.2. The number of methoxy groups -OCH3 is 1. The summed E-state index contributed by atoms with van der Waals surface area (Å²) >= 11 is 0. The van der Waals surface area contributed by atoms with Crippen LogP contribution in [0.4, 0.5) is 0 Å². The lowest BCUT2D eigenvalue weighted by Crippen LogP contribution is -2.48. The number of benzene rings is 2. The summed E-state index contributed by atoms with van der Waals surface area (Å²) in [7, 11) is 1.43. The van der Waals surface area contributed by atoms with Crippen LogP contribution < -0.4 is 0 Å². The average Bonchev–Trinajstić information content (AvgIpc) is 3.61. The summed E-state index contributed by atoms with van der Waals surface area (Å²) in [6.07, 6.45) is 5.38. The van der Waals surface area contributed by atoms with Gasteiger partial charge < -0.3 is 19.4 Å². The number of rotatable bonds is 10. The molecule has 3 aromatic rings. The molecule has 1 N–H and O–H groups in total.